The number of imidazole rings is 1. The van der Waals surface area contributed by atoms with Gasteiger partial charge >= 0.3 is 6.18 Å². The summed E-state index contributed by atoms with van der Waals surface area (Å²) in [5, 5.41) is 0. The van der Waals surface area contributed by atoms with Crippen LogP contribution in [0.25, 0.3) is 0 Å². The van der Waals surface area contributed by atoms with E-state index in [1.807, 2.05) is 16.8 Å². The maximum atomic E-state index is 12.9. The molecule has 1 aromatic rings. The Hall–Kier alpha value is -1.57. The largest absolute Gasteiger partial charge is 0.390 e. The number of likely N-dealkylation sites (tertiary alicyclic amines) is 1. The van der Waals surface area contributed by atoms with Gasteiger partial charge in [0.05, 0.1) is 12.7 Å². The highest BCUT2D eigenvalue weighted by Crippen LogP contribution is 2.52. The lowest BCUT2D eigenvalue weighted by Crippen LogP contribution is -2.38. The number of nitrogens with zero attached hydrogens (tertiary/aromatic N) is 4. The van der Waals surface area contributed by atoms with Crippen molar-refractivity contribution >= 4 is 5.91 Å². The van der Waals surface area contributed by atoms with E-state index >= 15 is 0 Å². The van der Waals surface area contributed by atoms with Crippen molar-refractivity contribution in [2.24, 2.45) is 30.7 Å². The van der Waals surface area contributed by atoms with Crippen LogP contribution in [0.4, 0.5) is 13.2 Å². The minimum absolute atomic E-state index is 0.0465. The summed E-state index contributed by atoms with van der Waals surface area (Å²) in [5.41, 5.74) is 0.457. The van der Waals surface area contributed by atoms with Gasteiger partial charge in [0.2, 0.25) is 0 Å². The van der Waals surface area contributed by atoms with Crippen molar-refractivity contribution < 1.29 is 18.0 Å². The summed E-state index contributed by atoms with van der Waals surface area (Å²) < 4.78 is 38.9. The van der Waals surface area contributed by atoms with Crippen molar-refractivity contribution in [2.75, 3.05) is 32.7 Å². The van der Waals surface area contributed by atoms with Gasteiger partial charge in [-0.3, -0.25) is 4.79 Å². The molecule has 27 heavy (non-hydrogen) atoms. The van der Waals surface area contributed by atoms with E-state index in [1.165, 1.54) is 0 Å². The van der Waals surface area contributed by atoms with Gasteiger partial charge in [0, 0.05) is 46.0 Å². The van der Waals surface area contributed by atoms with E-state index in [0.29, 0.717) is 42.5 Å². The first kappa shape index (κ1) is 20.2. The highest BCUT2D eigenvalue weighted by molar-refractivity contribution is 5.92. The summed E-state index contributed by atoms with van der Waals surface area (Å²) in [6.45, 7) is 7.15. The molecule has 1 aliphatic heterocycles. The number of fused-ring (bicyclic) bond motifs is 1. The lowest BCUT2D eigenvalue weighted by molar-refractivity contribution is -0.137. The molecule has 8 heteroatoms. The van der Waals surface area contributed by atoms with E-state index in [0.717, 1.165) is 19.5 Å². The summed E-state index contributed by atoms with van der Waals surface area (Å²) >= 11 is 0. The highest BCUT2D eigenvalue weighted by atomic mass is 19.4. The Morgan fingerprint density at radius 3 is 2.56 bits per heavy atom. The molecule has 1 saturated heterocycles. The Kier molecular flexibility index (Phi) is 5.84. The Balaban J connectivity index is 1.55. The smallest absolute Gasteiger partial charge is 0.340 e. The van der Waals surface area contributed by atoms with E-state index in [4.69, 9.17) is 0 Å². The summed E-state index contributed by atoms with van der Waals surface area (Å²) in [6, 6.07) is 0. The number of aryl methyl sites for hydroxylation is 1. The molecular weight excluding hydrogens is 357 g/mol. The molecular formula is C19H29F3N4O. The van der Waals surface area contributed by atoms with E-state index in [1.54, 1.807) is 17.1 Å². The van der Waals surface area contributed by atoms with Crippen LogP contribution in [0.3, 0.4) is 0 Å². The molecule has 1 aromatic heterocycles. The molecule has 2 fully saturated rings. The Labute approximate surface area is 158 Å². The third kappa shape index (κ3) is 5.03. The van der Waals surface area contributed by atoms with E-state index in [9.17, 15) is 18.0 Å². The topological polar surface area (TPSA) is 41.4 Å². The van der Waals surface area contributed by atoms with E-state index in [2.05, 4.69) is 18.8 Å². The number of halogens is 3. The van der Waals surface area contributed by atoms with Crippen molar-refractivity contribution in [1.82, 2.24) is 19.4 Å². The predicted molar refractivity (Wildman–Crippen MR) is 96.1 cm³/mol. The van der Waals surface area contributed by atoms with Crippen molar-refractivity contribution in [3.05, 3.63) is 18.2 Å². The third-order valence-electron chi connectivity index (χ3n) is 6.03. The summed E-state index contributed by atoms with van der Waals surface area (Å²) in [5.74, 6) is 1.61. The molecule has 2 aliphatic rings. The lowest BCUT2D eigenvalue weighted by atomic mass is 10.1. The third-order valence-corrected chi connectivity index (χ3v) is 6.03. The zero-order valence-corrected chi connectivity index (χ0v) is 16.2. The maximum absolute atomic E-state index is 12.9. The minimum atomic E-state index is -4.09. The van der Waals surface area contributed by atoms with Crippen LogP contribution in [0.5, 0.6) is 0 Å². The van der Waals surface area contributed by atoms with Crippen LogP contribution in [0.15, 0.2) is 12.5 Å². The van der Waals surface area contributed by atoms with Gasteiger partial charge in [-0.25, -0.2) is 4.98 Å². The molecule has 2 heterocycles. The van der Waals surface area contributed by atoms with Gasteiger partial charge in [-0.1, -0.05) is 20.3 Å². The molecule has 3 unspecified atom stereocenters. The quantitative estimate of drug-likeness (QED) is 0.690. The molecule has 0 aromatic carbocycles. The van der Waals surface area contributed by atoms with Crippen LogP contribution in [0, 0.1) is 23.7 Å². The predicted octanol–water partition coefficient (Wildman–Crippen LogP) is 3.04. The van der Waals surface area contributed by atoms with Gasteiger partial charge in [-0.2, -0.15) is 13.2 Å². The Bertz CT molecular complexity index is 648. The van der Waals surface area contributed by atoms with Gasteiger partial charge in [-0.15, -0.1) is 0 Å². The maximum Gasteiger partial charge on any atom is 0.390 e. The molecule has 1 saturated carbocycles. The van der Waals surface area contributed by atoms with Gasteiger partial charge in [0.1, 0.15) is 5.69 Å². The number of alkyl halides is 3. The van der Waals surface area contributed by atoms with Crippen LogP contribution in [0.2, 0.25) is 0 Å². The Morgan fingerprint density at radius 1 is 1.37 bits per heavy atom. The first-order valence-corrected chi connectivity index (χ1v) is 9.74. The Morgan fingerprint density at radius 2 is 2.04 bits per heavy atom. The second kappa shape index (κ2) is 7.81. The lowest BCUT2D eigenvalue weighted by Gasteiger charge is -2.27. The van der Waals surface area contributed by atoms with Crippen molar-refractivity contribution in [2.45, 2.75) is 32.9 Å². The van der Waals surface area contributed by atoms with Crippen LogP contribution in [-0.2, 0) is 7.05 Å². The molecule has 1 amide bonds. The van der Waals surface area contributed by atoms with E-state index in [-0.39, 0.29) is 12.5 Å². The molecule has 3 atom stereocenters. The number of carbonyl (C=O) groups excluding carboxylic acids is 1. The molecule has 5 nitrogen and oxygen atoms in total. The molecule has 1 aliphatic carbocycles. The zero-order chi connectivity index (χ0) is 19.8. The van der Waals surface area contributed by atoms with Crippen LogP contribution in [-0.4, -0.2) is 64.2 Å². The van der Waals surface area contributed by atoms with E-state index < -0.39 is 12.6 Å². The van der Waals surface area contributed by atoms with Gasteiger partial charge in [-0.05, 0) is 23.7 Å². The normalized spacial score (nSPS) is 26.1. The number of rotatable bonds is 8. The van der Waals surface area contributed by atoms with Crippen molar-refractivity contribution in [3.8, 4) is 0 Å². The average Bonchev–Trinajstić information content (AvgIpc) is 2.96. The van der Waals surface area contributed by atoms with Crippen LogP contribution < -0.4 is 0 Å². The standard InChI is InChI=1S/C19H29F3N4O/c1-4-13(2)7-26(18(27)17-11-24(3)12-23-17)10-16-14-8-25(9-15(14)16)6-5-19(20,21)22/h11-16H,4-10H2,1-3H3. The van der Waals surface area contributed by atoms with Gasteiger partial charge in [0.25, 0.3) is 5.91 Å². The second-order valence-corrected chi connectivity index (χ2v) is 8.26. The number of piperidine rings is 1. The fourth-order valence-corrected chi connectivity index (χ4v) is 4.16. The molecule has 0 bridgehead atoms. The van der Waals surface area contributed by atoms with Crippen LogP contribution >= 0.6 is 0 Å². The molecule has 152 valence electrons. The molecule has 3 rings (SSSR count). The second-order valence-electron chi connectivity index (χ2n) is 8.26. The monoisotopic (exact) mass is 386 g/mol. The highest BCUT2D eigenvalue weighted by Gasteiger charge is 2.56. The first-order valence-electron chi connectivity index (χ1n) is 9.74. The number of carbonyl (C=O) groups is 1. The molecule has 0 radical (unpaired) electrons. The SMILES string of the molecule is CCC(C)CN(CC1C2CN(CCC(F)(F)F)CC21)C(=O)c1cn(C)cn1. The molecule has 0 N–H and O–H groups in total. The number of amides is 1. The average molecular weight is 386 g/mol. The minimum Gasteiger partial charge on any atom is -0.340 e. The molecule has 0 spiro atoms. The fraction of sp³-hybridized carbons (Fsp3) is 0.789. The van der Waals surface area contributed by atoms with Gasteiger partial charge < -0.3 is 14.4 Å². The van der Waals surface area contributed by atoms with Crippen molar-refractivity contribution in [1.29, 1.82) is 0 Å². The summed E-state index contributed by atoms with van der Waals surface area (Å²) in [6.07, 6.45) is -0.476. The van der Waals surface area contributed by atoms with Crippen LogP contribution in [0.1, 0.15) is 37.2 Å². The summed E-state index contributed by atoms with van der Waals surface area (Å²) in [4.78, 5) is 20.9. The van der Waals surface area contributed by atoms with Gasteiger partial charge in [0.15, 0.2) is 0 Å². The summed E-state index contributed by atoms with van der Waals surface area (Å²) in [7, 11) is 1.84. The zero-order valence-electron chi connectivity index (χ0n) is 16.2. The number of aromatic nitrogens is 2. The number of hydrogen-bond acceptors (Lipinski definition) is 3. The fourth-order valence-electron chi connectivity index (χ4n) is 4.16. The first-order chi connectivity index (χ1) is 12.7. The number of hydrogen-bond donors (Lipinski definition) is 0. The van der Waals surface area contributed by atoms with Crippen molar-refractivity contribution in [3.63, 3.8) is 0 Å².